The summed E-state index contributed by atoms with van der Waals surface area (Å²) >= 11 is 5.19. The Morgan fingerprint density at radius 3 is 2.71 bits per heavy atom. The molecule has 0 fully saturated rings. The van der Waals surface area contributed by atoms with E-state index in [1.165, 1.54) is 10.1 Å². The van der Waals surface area contributed by atoms with E-state index in [0.29, 0.717) is 0 Å². The number of nitrogens with zero attached hydrogens (tertiary/aromatic N) is 1. The number of thiophene rings is 1. The first-order valence-corrected chi connectivity index (χ1v) is 9.15. The lowest BCUT2D eigenvalue weighted by molar-refractivity contribution is 0.412. The second-order valence-electron chi connectivity index (χ2n) is 5.80. The number of H-pyrrole nitrogens is 2. The highest BCUT2D eigenvalue weighted by Gasteiger charge is 2.08. The molecule has 122 valence electrons. The predicted molar refractivity (Wildman–Crippen MR) is 101 cm³/mol. The van der Waals surface area contributed by atoms with Crippen LogP contribution in [0.5, 0.6) is 5.75 Å². The first kappa shape index (κ1) is 15.5. The number of hydrogen-bond acceptors (Lipinski definition) is 3. The van der Waals surface area contributed by atoms with Gasteiger partial charge >= 0.3 is 0 Å². The fourth-order valence-electron chi connectivity index (χ4n) is 2.89. The van der Waals surface area contributed by atoms with Crippen molar-refractivity contribution in [2.24, 2.45) is 4.99 Å². The third-order valence-electron chi connectivity index (χ3n) is 4.00. The quantitative estimate of drug-likeness (QED) is 0.676. The zero-order chi connectivity index (χ0) is 16.8. The van der Waals surface area contributed by atoms with Crippen LogP contribution in [0.25, 0.3) is 17.8 Å². The van der Waals surface area contributed by atoms with Crippen LogP contribution in [0.3, 0.4) is 0 Å². The fraction of sp³-hybridized carbons (Fsp3) is 0.167. The molecule has 0 radical (unpaired) electrons. The molecule has 3 aromatic rings. The molecule has 4 heterocycles. The maximum absolute atomic E-state index is 5.53. The minimum atomic E-state index is 0.809. The van der Waals surface area contributed by atoms with Gasteiger partial charge in [0.05, 0.1) is 37.2 Å². The number of aromatic nitrogens is 2. The third-order valence-corrected chi connectivity index (χ3v) is 5.58. The largest absolute Gasteiger partial charge is 0.494 e. The second kappa shape index (κ2) is 5.79. The first-order valence-electron chi connectivity index (χ1n) is 7.54. The van der Waals surface area contributed by atoms with Crippen molar-refractivity contribution in [3.8, 4) is 5.75 Å². The van der Waals surface area contributed by atoms with E-state index in [4.69, 9.17) is 9.73 Å². The topological polar surface area (TPSA) is 53.2 Å². The van der Waals surface area contributed by atoms with Gasteiger partial charge in [-0.2, -0.15) is 0 Å². The molecular formula is C18H16BrN3OS. The Bertz CT molecular complexity index is 1140. The van der Waals surface area contributed by atoms with Gasteiger partial charge in [0.15, 0.2) is 0 Å². The summed E-state index contributed by atoms with van der Waals surface area (Å²) in [6, 6.07) is 6.17. The van der Waals surface area contributed by atoms with Crippen molar-refractivity contribution in [2.75, 3.05) is 7.11 Å². The summed E-state index contributed by atoms with van der Waals surface area (Å²) in [4.78, 5) is 11.5. The maximum Gasteiger partial charge on any atom is 0.144 e. The van der Waals surface area contributed by atoms with Crippen LogP contribution in [0, 0.1) is 13.8 Å². The van der Waals surface area contributed by atoms with Crippen LogP contribution >= 0.6 is 27.3 Å². The number of aromatic amines is 2. The molecule has 4 rings (SSSR count). The molecule has 0 bridgehead atoms. The average Bonchev–Trinajstić information content (AvgIpc) is 3.23. The van der Waals surface area contributed by atoms with Crippen molar-refractivity contribution in [1.29, 1.82) is 0 Å². The zero-order valence-electron chi connectivity index (χ0n) is 13.5. The second-order valence-corrected chi connectivity index (χ2v) is 8.26. The smallest absolute Gasteiger partial charge is 0.144 e. The number of methoxy groups -OCH3 is 1. The van der Waals surface area contributed by atoms with E-state index in [1.54, 1.807) is 18.4 Å². The molecule has 24 heavy (non-hydrogen) atoms. The summed E-state index contributed by atoms with van der Waals surface area (Å²) < 4.78 is 7.80. The minimum Gasteiger partial charge on any atom is -0.494 e. The van der Waals surface area contributed by atoms with Gasteiger partial charge in [0, 0.05) is 17.5 Å². The molecular weight excluding hydrogens is 386 g/mol. The summed E-state index contributed by atoms with van der Waals surface area (Å²) in [6.07, 6.45) is 4.18. The Morgan fingerprint density at radius 2 is 2.04 bits per heavy atom. The zero-order valence-corrected chi connectivity index (χ0v) is 15.9. The molecule has 0 unspecified atom stereocenters. The number of aryl methyl sites for hydroxylation is 2. The van der Waals surface area contributed by atoms with Crippen LogP contribution in [0.15, 0.2) is 27.0 Å². The van der Waals surface area contributed by atoms with Crippen molar-refractivity contribution >= 4 is 45.1 Å². The molecule has 1 aliphatic rings. The molecule has 4 nitrogen and oxygen atoms in total. The molecule has 0 saturated carbocycles. The SMILES string of the molecule is COc1cc(=C2C=c3sc(Br)cc3=N2)[nH]c1=Cc1[nH]c(C)cc1C. The van der Waals surface area contributed by atoms with Crippen molar-refractivity contribution < 1.29 is 4.74 Å². The van der Waals surface area contributed by atoms with Crippen LogP contribution in [0.4, 0.5) is 0 Å². The van der Waals surface area contributed by atoms with Crippen molar-refractivity contribution in [3.05, 3.63) is 59.5 Å². The molecule has 0 aromatic carbocycles. The van der Waals surface area contributed by atoms with Gasteiger partial charge in [0.25, 0.3) is 0 Å². The van der Waals surface area contributed by atoms with Crippen LogP contribution < -0.4 is 25.3 Å². The minimum absolute atomic E-state index is 0.809. The number of hydrogen-bond donors (Lipinski definition) is 2. The Kier molecular flexibility index (Phi) is 3.73. The molecule has 0 saturated heterocycles. The Morgan fingerprint density at radius 1 is 1.21 bits per heavy atom. The lowest BCUT2D eigenvalue weighted by atomic mass is 10.2. The lowest BCUT2D eigenvalue weighted by Crippen LogP contribution is -2.12. The summed E-state index contributed by atoms with van der Waals surface area (Å²) in [6.45, 7) is 4.15. The van der Waals surface area contributed by atoms with Crippen LogP contribution in [-0.4, -0.2) is 17.1 Å². The lowest BCUT2D eigenvalue weighted by Gasteiger charge is -1.94. The van der Waals surface area contributed by atoms with E-state index in [-0.39, 0.29) is 0 Å². The number of nitrogens with one attached hydrogen (secondary N) is 2. The summed E-state index contributed by atoms with van der Waals surface area (Å²) in [5.74, 6) is 0.809. The third kappa shape index (κ3) is 2.65. The van der Waals surface area contributed by atoms with Crippen LogP contribution in [-0.2, 0) is 0 Å². The van der Waals surface area contributed by atoms with Gasteiger partial charge in [-0.15, -0.1) is 11.3 Å². The van der Waals surface area contributed by atoms with Gasteiger partial charge < -0.3 is 14.7 Å². The van der Waals surface area contributed by atoms with E-state index in [2.05, 4.69) is 58.0 Å². The molecule has 0 amide bonds. The van der Waals surface area contributed by atoms with Gasteiger partial charge in [-0.1, -0.05) is 0 Å². The molecule has 0 spiro atoms. The molecule has 0 aliphatic carbocycles. The van der Waals surface area contributed by atoms with Crippen molar-refractivity contribution in [1.82, 2.24) is 9.97 Å². The van der Waals surface area contributed by atoms with Crippen molar-refractivity contribution in [2.45, 2.75) is 13.8 Å². The molecule has 0 atom stereocenters. The van der Waals surface area contributed by atoms with E-state index in [1.807, 2.05) is 12.1 Å². The van der Waals surface area contributed by atoms with Gasteiger partial charge in [0.2, 0.25) is 0 Å². The number of halogens is 1. The molecule has 6 heteroatoms. The van der Waals surface area contributed by atoms with Gasteiger partial charge in [-0.25, -0.2) is 4.99 Å². The Labute approximate surface area is 151 Å². The van der Waals surface area contributed by atoms with E-state index < -0.39 is 0 Å². The van der Waals surface area contributed by atoms with E-state index in [9.17, 15) is 0 Å². The van der Waals surface area contributed by atoms with E-state index >= 15 is 0 Å². The van der Waals surface area contributed by atoms with Crippen LogP contribution in [0.1, 0.15) is 17.0 Å². The number of fused-ring (bicyclic) bond motifs is 1. The molecule has 3 aromatic heterocycles. The van der Waals surface area contributed by atoms with Crippen molar-refractivity contribution in [3.63, 3.8) is 0 Å². The summed E-state index contributed by atoms with van der Waals surface area (Å²) in [5.41, 5.74) is 4.37. The Hall–Kier alpha value is -2.05. The number of ether oxygens (including phenoxy) is 1. The highest BCUT2D eigenvalue weighted by molar-refractivity contribution is 9.11. The summed E-state index contributed by atoms with van der Waals surface area (Å²) in [5, 5.41) is 2.90. The normalized spacial score (nSPS) is 16.1. The predicted octanol–water partition coefficient (Wildman–Crippen LogP) is 1.84. The number of rotatable bonds is 2. The van der Waals surface area contributed by atoms with Gasteiger partial charge in [-0.05, 0) is 59.6 Å². The van der Waals surface area contributed by atoms with Gasteiger partial charge in [0.1, 0.15) is 5.75 Å². The standard InChI is InChI=1S/C18H16BrN3OS/c1-9-4-10(2)20-11(9)5-14-16(23-3)6-12(21-14)13-7-17-15(22-13)8-18(19)24-17/h4-8,20-21H,1-3H3. The molecule has 2 N–H and O–H groups in total. The van der Waals surface area contributed by atoms with Crippen LogP contribution in [0.2, 0.25) is 0 Å². The highest BCUT2D eigenvalue weighted by Crippen LogP contribution is 2.13. The maximum atomic E-state index is 5.53. The van der Waals surface area contributed by atoms with E-state index in [0.717, 1.165) is 42.7 Å². The first-order chi connectivity index (χ1) is 11.5. The fourth-order valence-corrected chi connectivity index (χ4v) is 4.39. The summed E-state index contributed by atoms with van der Waals surface area (Å²) in [7, 11) is 1.69. The monoisotopic (exact) mass is 401 g/mol. The van der Waals surface area contributed by atoms with Gasteiger partial charge in [-0.3, -0.25) is 0 Å². The molecule has 1 aliphatic heterocycles. The average molecular weight is 402 g/mol. The Balaban J connectivity index is 1.90. The highest BCUT2D eigenvalue weighted by atomic mass is 79.9.